The van der Waals surface area contributed by atoms with E-state index in [4.69, 9.17) is 16.1 Å². The first-order chi connectivity index (χ1) is 15.0. The van der Waals surface area contributed by atoms with Gasteiger partial charge in [-0.25, -0.2) is 4.39 Å². The quantitative estimate of drug-likeness (QED) is 0.703. The van der Waals surface area contributed by atoms with Gasteiger partial charge in [-0.2, -0.15) is 11.8 Å². The summed E-state index contributed by atoms with van der Waals surface area (Å²) in [5.74, 6) is 0.902. The minimum Gasteiger partial charge on any atom is -0.369 e. The molecule has 0 spiro atoms. The molecule has 162 valence electrons. The number of nitrogens with one attached hydrogen (secondary N) is 1. The lowest BCUT2D eigenvalue weighted by Crippen LogP contribution is -2.42. The fourth-order valence-corrected chi connectivity index (χ4v) is 7.20. The standard InChI is InChI=1S/C24H27FN4OS/c25-17-12-28-19-6-2-5-18(17)29-23-16-10-15(21(23)24(27)30)11-20(16)31-8-7-13-3-1-4-14(9-13)22(19)26/h1-4,6,9,15-17,20-21,23,26H,5,7-8,10-12H2,(H2,27,30). The molecule has 6 unspecified atom stereocenters. The normalized spacial score (nSPS) is 34.9. The molecule has 5 nitrogen and oxygen atoms in total. The highest BCUT2D eigenvalue weighted by atomic mass is 32.2. The average molecular weight is 439 g/mol. The van der Waals surface area contributed by atoms with E-state index in [2.05, 4.69) is 17.1 Å². The Hall–Kier alpha value is -2.28. The van der Waals surface area contributed by atoms with Crippen molar-refractivity contribution in [2.75, 3.05) is 12.3 Å². The highest BCUT2D eigenvalue weighted by Gasteiger charge is 2.55. The second-order valence-electron chi connectivity index (χ2n) is 8.97. The van der Waals surface area contributed by atoms with E-state index in [0.717, 1.165) is 30.6 Å². The number of benzene rings is 1. The molecule has 7 heteroatoms. The molecule has 3 aliphatic heterocycles. The van der Waals surface area contributed by atoms with Crippen LogP contribution in [0.2, 0.25) is 0 Å². The zero-order valence-corrected chi connectivity index (χ0v) is 18.2. The van der Waals surface area contributed by atoms with Crippen LogP contribution in [0.1, 0.15) is 30.4 Å². The summed E-state index contributed by atoms with van der Waals surface area (Å²) >= 11 is 1.94. The summed E-state index contributed by atoms with van der Waals surface area (Å²) in [4.78, 5) is 21.5. The number of rotatable bonds is 1. The third-order valence-corrected chi connectivity index (χ3v) is 8.54. The SMILES string of the molecule is N=C1C2=NCC(F)C(=NC3C4CC(CC4SCCc4cccc1c4)C3C(N)=O)CC=C2. The number of aliphatic imine (C=N–C) groups is 2. The first-order valence-corrected chi connectivity index (χ1v) is 12.1. The van der Waals surface area contributed by atoms with Crippen molar-refractivity contribution in [1.82, 2.24) is 0 Å². The molecule has 3 N–H and O–H groups in total. The minimum absolute atomic E-state index is 0.0548. The fourth-order valence-electron chi connectivity index (χ4n) is 5.64. The van der Waals surface area contributed by atoms with Gasteiger partial charge < -0.3 is 5.73 Å². The maximum atomic E-state index is 15.1. The van der Waals surface area contributed by atoms with Crippen LogP contribution in [0.3, 0.4) is 0 Å². The van der Waals surface area contributed by atoms with Gasteiger partial charge in [-0.1, -0.05) is 24.3 Å². The first-order valence-electron chi connectivity index (χ1n) is 11.0. The maximum Gasteiger partial charge on any atom is 0.222 e. The summed E-state index contributed by atoms with van der Waals surface area (Å²) in [5, 5.41) is 9.02. The molecule has 3 heterocycles. The number of alkyl halides is 1. The van der Waals surface area contributed by atoms with Crippen molar-refractivity contribution >= 4 is 34.8 Å². The number of thioether (sulfide) groups is 1. The van der Waals surface area contributed by atoms with Gasteiger partial charge in [-0.05, 0) is 54.6 Å². The number of allylic oxidation sites excluding steroid dienone is 2. The Kier molecular flexibility index (Phi) is 5.54. The molecular weight excluding hydrogens is 411 g/mol. The molecule has 2 saturated carbocycles. The zero-order chi connectivity index (χ0) is 21.5. The Morgan fingerprint density at radius 3 is 3.00 bits per heavy atom. The number of carbonyl (C=O) groups is 1. The van der Waals surface area contributed by atoms with E-state index in [0.29, 0.717) is 28.8 Å². The van der Waals surface area contributed by atoms with Gasteiger partial charge in [-0.3, -0.25) is 20.2 Å². The van der Waals surface area contributed by atoms with E-state index in [1.807, 2.05) is 30.0 Å². The molecule has 1 aromatic carbocycles. The lowest BCUT2D eigenvalue weighted by molar-refractivity contribution is -0.123. The molecule has 31 heavy (non-hydrogen) atoms. The number of aryl methyl sites for hydroxylation is 1. The van der Waals surface area contributed by atoms with Crippen LogP contribution in [0.4, 0.5) is 4.39 Å². The van der Waals surface area contributed by atoms with Gasteiger partial charge >= 0.3 is 0 Å². The monoisotopic (exact) mass is 438 g/mol. The van der Waals surface area contributed by atoms with Crippen LogP contribution in [0, 0.1) is 23.2 Å². The summed E-state index contributed by atoms with van der Waals surface area (Å²) < 4.78 is 15.1. The molecular formula is C24H27FN4OS. The Bertz CT molecular complexity index is 1000. The van der Waals surface area contributed by atoms with Gasteiger partial charge in [0.05, 0.1) is 35.6 Å². The average Bonchev–Trinajstić information content (AvgIpc) is 3.31. The molecule has 6 bridgehead atoms. The van der Waals surface area contributed by atoms with Crippen LogP contribution in [0.25, 0.3) is 0 Å². The topological polar surface area (TPSA) is 91.7 Å². The van der Waals surface area contributed by atoms with Crippen molar-refractivity contribution in [3.63, 3.8) is 0 Å². The molecule has 0 radical (unpaired) electrons. The largest absolute Gasteiger partial charge is 0.369 e. The fraction of sp³-hybridized carbons (Fsp3) is 0.500. The van der Waals surface area contributed by atoms with Crippen LogP contribution in [-0.2, 0) is 11.2 Å². The second-order valence-corrected chi connectivity index (χ2v) is 10.3. The number of primary amides is 1. The van der Waals surface area contributed by atoms with E-state index >= 15 is 4.39 Å². The van der Waals surface area contributed by atoms with Crippen LogP contribution in [0.15, 0.2) is 46.4 Å². The molecule has 2 aliphatic carbocycles. The van der Waals surface area contributed by atoms with Gasteiger partial charge in [0.25, 0.3) is 0 Å². The molecule has 5 aliphatic rings. The van der Waals surface area contributed by atoms with E-state index in [1.54, 1.807) is 6.08 Å². The Morgan fingerprint density at radius 2 is 2.16 bits per heavy atom. The van der Waals surface area contributed by atoms with Gasteiger partial charge in [0.2, 0.25) is 5.91 Å². The number of fused-ring (bicyclic) bond motifs is 6. The van der Waals surface area contributed by atoms with Crippen molar-refractivity contribution in [2.24, 2.45) is 33.5 Å². The number of nitrogens with two attached hydrogens (primary N) is 1. The van der Waals surface area contributed by atoms with Crippen molar-refractivity contribution in [2.45, 2.75) is 43.1 Å². The van der Waals surface area contributed by atoms with Crippen LogP contribution in [0.5, 0.6) is 0 Å². The number of hydrogen-bond acceptors (Lipinski definition) is 5. The van der Waals surface area contributed by atoms with Crippen LogP contribution >= 0.6 is 11.8 Å². The smallest absolute Gasteiger partial charge is 0.222 e. The Balaban J connectivity index is 1.54. The highest BCUT2D eigenvalue weighted by molar-refractivity contribution is 7.99. The van der Waals surface area contributed by atoms with E-state index in [1.165, 1.54) is 5.56 Å². The molecule has 0 aromatic heterocycles. The van der Waals surface area contributed by atoms with Crippen LogP contribution < -0.4 is 5.73 Å². The number of hydrogen-bond donors (Lipinski definition) is 2. The predicted molar refractivity (Wildman–Crippen MR) is 124 cm³/mol. The highest BCUT2D eigenvalue weighted by Crippen LogP contribution is 2.54. The number of nitrogens with zero attached hydrogens (tertiary/aromatic N) is 2. The van der Waals surface area contributed by atoms with Crippen molar-refractivity contribution < 1.29 is 9.18 Å². The van der Waals surface area contributed by atoms with E-state index in [9.17, 15) is 4.79 Å². The van der Waals surface area contributed by atoms with Gasteiger partial charge in [0.15, 0.2) is 6.17 Å². The molecule has 6 atom stereocenters. The first kappa shape index (κ1) is 20.6. The molecule has 0 saturated heterocycles. The van der Waals surface area contributed by atoms with Gasteiger partial charge in [0.1, 0.15) is 0 Å². The predicted octanol–water partition coefficient (Wildman–Crippen LogP) is 3.40. The molecule has 1 amide bonds. The van der Waals surface area contributed by atoms with Gasteiger partial charge in [-0.15, -0.1) is 0 Å². The number of halogens is 1. The Morgan fingerprint density at radius 1 is 1.29 bits per heavy atom. The summed E-state index contributed by atoms with van der Waals surface area (Å²) in [5.41, 5.74) is 9.03. The van der Waals surface area contributed by atoms with Crippen molar-refractivity contribution in [3.8, 4) is 0 Å². The minimum atomic E-state index is -1.31. The number of amides is 1. The van der Waals surface area contributed by atoms with E-state index in [-0.39, 0.29) is 36.2 Å². The lowest BCUT2D eigenvalue weighted by atomic mass is 9.83. The van der Waals surface area contributed by atoms with Crippen molar-refractivity contribution in [3.05, 3.63) is 47.5 Å². The summed E-state index contributed by atoms with van der Waals surface area (Å²) in [7, 11) is 0. The second kappa shape index (κ2) is 8.34. The zero-order valence-electron chi connectivity index (χ0n) is 17.3. The van der Waals surface area contributed by atoms with E-state index < -0.39 is 6.17 Å². The molecule has 1 aromatic rings. The summed E-state index contributed by atoms with van der Waals surface area (Å²) in [6, 6.07) is 7.82. The molecule has 2 fully saturated rings. The molecule has 6 rings (SSSR count). The third kappa shape index (κ3) is 3.88. The summed E-state index contributed by atoms with van der Waals surface area (Å²) in [6.45, 7) is -0.0548. The number of carbonyl (C=O) groups excluding carboxylic acids is 1. The van der Waals surface area contributed by atoms with Crippen molar-refractivity contribution in [1.29, 1.82) is 5.41 Å². The summed E-state index contributed by atoms with van der Waals surface area (Å²) in [6.07, 6.45) is 5.55. The third-order valence-electron chi connectivity index (χ3n) is 7.13. The van der Waals surface area contributed by atoms with Gasteiger partial charge in [0, 0.05) is 17.2 Å². The Labute approximate surface area is 186 Å². The maximum absolute atomic E-state index is 15.1. The van der Waals surface area contributed by atoms with Crippen LogP contribution in [-0.4, -0.2) is 52.8 Å². The lowest BCUT2D eigenvalue weighted by Gasteiger charge is -2.32.